The summed E-state index contributed by atoms with van der Waals surface area (Å²) in [5.74, 6) is -0.218. The average molecular weight is 258 g/mol. The van der Waals surface area contributed by atoms with Crippen molar-refractivity contribution in [3.05, 3.63) is 0 Å². The van der Waals surface area contributed by atoms with Gasteiger partial charge in [0.1, 0.15) is 6.10 Å². The van der Waals surface area contributed by atoms with Crippen molar-refractivity contribution in [1.29, 1.82) is 0 Å². The minimum atomic E-state index is -0.846. The van der Waals surface area contributed by atoms with E-state index in [1.165, 1.54) is 6.42 Å². The lowest BCUT2D eigenvalue weighted by Crippen LogP contribution is -2.51. The van der Waals surface area contributed by atoms with Gasteiger partial charge in [0, 0.05) is 30.9 Å². The summed E-state index contributed by atoms with van der Waals surface area (Å²) in [6.45, 7) is 2.03. The highest BCUT2D eigenvalue weighted by atomic mass is 32.2. The van der Waals surface area contributed by atoms with Gasteiger partial charge in [0.05, 0.1) is 12.1 Å². The zero-order valence-electron chi connectivity index (χ0n) is 9.57. The minimum Gasteiger partial charge on any atom is -0.396 e. The van der Waals surface area contributed by atoms with Crippen molar-refractivity contribution >= 4 is 16.9 Å². The first kappa shape index (κ1) is 11.8. The number of nitrogens with zero attached hydrogens (tertiary/aromatic N) is 2. The van der Waals surface area contributed by atoms with Gasteiger partial charge in [-0.15, -0.1) is 0 Å². The molecule has 3 rings (SSSR count). The number of hydrogen-bond donors (Lipinski definition) is 3. The summed E-state index contributed by atoms with van der Waals surface area (Å²) >= 11 is 1.70. The first-order chi connectivity index (χ1) is 8.20. The maximum atomic E-state index is 10.0. The minimum absolute atomic E-state index is 0.0684. The molecule has 5 nitrogen and oxygen atoms in total. The molecule has 2 heterocycles. The molecule has 0 spiro atoms. The van der Waals surface area contributed by atoms with E-state index < -0.39 is 12.2 Å². The van der Waals surface area contributed by atoms with Crippen molar-refractivity contribution in [3.63, 3.8) is 0 Å². The third kappa shape index (κ3) is 1.87. The lowest BCUT2D eigenvalue weighted by Gasteiger charge is -2.37. The summed E-state index contributed by atoms with van der Waals surface area (Å²) < 4.78 is 0. The maximum Gasteiger partial charge on any atom is 0.159 e. The van der Waals surface area contributed by atoms with Crippen LogP contribution in [-0.2, 0) is 0 Å². The zero-order chi connectivity index (χ0) is 12.0. The Morgan fingerprint density at radius 1 is 1.29 bits per heavy atom. The molecule has 3 aliphatic rings. The first-order valence-corrected chi connectivity index (χ1v) is 7.05. The molecule has 0 amide bonds. The molecule has 0 aromatic carbocycles. The van der Waals surface area contributed by atoms with Crippen LogP contribution in [0.1, 0.15) is 12.8 Å². The molecule has 1 saturated heterocycles. The molecule has 3 N–H and O–H groups in total. The van der Waals surface area contributed by atoms with Crippen molar-refractivity contribution in [2.45, 2.75) is 36.3 Å². The summed E-state index contributed by atoms with van der Waals surface area (Å²) in [6.07, 6.45) is 0.253. The Balaban J connectivity index is 1.74. The largest absolute Gasteiger partial charge is 0.396 e. The molecule has 2 fully saturated rings. The van der Waals surface area contributed by atoms with Crippen molar-refractivity contribution in [2.24, 2.45) is 10.9 Å². The van der Waals surface area contributed by atoms with Crippen molar-refractivity contribution in [1.82, 2.24) is 4.90 Å². The second kappa shape index (κ2) is 4.42. The predicted octanol–water partition coefficient (Wildman–Crippen LogP) is -0.734. The highest BCUT2D eigenvalue weighted by Crippen LogP contribution is 2.41. The molecule has 0 radical (unpaired) electrons. The fourth-order valence-corrected chi connectivity index (χ4v) is 4.18. The number of amidine groups is 1. The van der Waals surface area contributed by atoms with Crippen molar-refractivity contribution in [2.75, 3.05) is 19.7 Å². The molecule has 0 bridgehead atoms. The van der Waals surface area contributed by atoms with Crippen LogP contribution in [0.5, 0.6) is 0 Å². The van der Waals surface area contributed by atoms with Crippen LogP contribution in [0, 0.1) is 5.92 Å². The van der Waals surface area contributed by atoms with E-state index in [1.807, 2.05) is 0 Å². The quantitative estimate of drug-likeness (QED) is 0.578. The fourth-order valence-electron chi connectivity index (χ4n) is 2.69. The molecule has 2 aliphatic heterocycles. The Morgan fingerprint density at radius 2 is 2.06 bits per heavy atom. The monoisotopic (exact) mass is 258 g/mol. The molecule has 1 aliphatic carbocycles. The second-order valence-electron chi connectivity index (χ2n) is 5.06. The molecule has 0 aromatic heterocycles. The zero-order valence-corrected chi connectivity index (χ0v) is 10.4. The normalized spacial score (nSPS) is 45.2. The van der Waals surface area contributed by atoms with Gasteiger partial charge in [0.2, 0.25) is 0 Å². The number of aliphatic hydroxyl groups excluding tert-OH is 3. The van der Waals surface area contributed by atoms with Crippen molar-refractivity contribution < 1.29 is 15.3 Å². The van der Waals surface area contributed by atoms with Gasteiger partial charge in [-0.25, -0.2) is 0 Å². The highest BCUT2D eigenvalue weighted by Gasteiger charge is 2.47. The van der Waals surface area contributed by atoms with Crippen LogP contribution >= 0.6 is 11.8 Å². The number of aliphatic hydroxyl groups is 3. The van der Waals surface area contributed by atoms with Gasteiger partial charge in [0.15, 0.2) is 5.17 Å². The van der Waals surface area contributed by atoms with Crippen LogP contribution < -0.4 is 0 Å². The first-order valence-electron chi connectivity index (χ1n) is 6.17. The van der Waals surface area contributed by atoms with Gasteiger partial charge in [0.25, 0.3) is 0 Å². The van der Waals surface area contributed by atoms with Gasteiger partial charge in [-0.3, -0.25) is 4.99 Å². The van der Waals surface area contributed by atoms with Gasteiger partial charge < -0.3 is 20.2 Å². The van der Waals surface area contributed by atoms with Crippen molar-refractivity contribution in [3.8, 4) is 0 Å². The molecule has 1 saturated carbocycles. The molecule has 96 valence electrons. The molecule has 17 heavy (non-hydrogen) atoms. The molecule has 6 heteroatoms. The van der Waals surface area contributed by atoms with Gasteiger partial charge >= 0.3 is 0 Å². The number of aliphatic imine (C=N–C) groups is 1. The number of fused-ring (bicyclic) bond motifs is 1. The van der Waals surface area contributed by atoms with E-state index in [4.69, 9.17) is 0 Å². The molecule has 0 unspecified atom stereocenters. The second-order valence-corrected chi connectivity index (χ2v) is 6.27. The van der Waals surface area contributed by atoms with E-state index in [1.54, 1.807) is 11.8 Å². The maximum absolute atomic E-state index is 10.0. The Labute approximate surface area is 105 Å². The van der Waals surface area contributed by atoms with Crippen LogP contribution in [-0.4, -0.2) is 68.6 Å². The third-order valence-corrected chi connectivity index (χ3v) is 5.32. The Hall–Kier alpha value is -0.300. The van der Waals surface area contributed by atoms with E-state index in [0.717, 1.165) is 24.7 Å². The van der Waals surface area contributed by atoms with Crippen LogP contribution in [0.3, 0.4) is 0 Å². The Kier molecular flexibility index (Phi) is 3.06. The highest BCUT2D eigenvalue weighted by molar-refractivity contribution is 8.14. The smallest absolute Gasteiger partial charge is 0.159 e. The number of rotatable bonds is 1. The SMILES string of the molecule is OC[C@H]1C[C@@H]2SC(N3CCC3)=N[C@@H]2[C@@H](O)[C@@H]1O. The summed E-state index contributed by atoms with van der Waals surface area (Å²) in [5, 5.41) is 30.3. The van der Waals surface area contributed by atoms with Crippen LogP contribution in [0.2, 0.25) is 0 Å². The molecule has 0 aromatic rings. The lowest BCUT2D eigenvalue weighted by molar-refractivity contribution is -0.0647. The van der Waals surface area contributed by atoms with Gasteiger partial charge in [-0.1, -0.05) is 11.8 Å². The number of likely N-dealkylation sites (tertiary alicyclic amines) is 1. The van der Waals surface area contributed by atoms with Crippen LogP contribution in [0.4, 0.5) is 0 Å². The summed E-state index contributed by atoms with van der Waals surface area (Å²) in [6, 6.07) is -0.201. The van der Waals surface area contributed by atoms with E-state index in [0.29, 0.717) is 0 Å². The van der Waals surface area contributed by atoms with E-state index in [-0.39, 0.29) is 23.8 Å². The lowest BCUT2D eigenvalue weighted by atomic mass is 9.81. The van der Waals surface area contributed by atoms with Crippen LogP contribution in [0.15, 0.2) is 4.99 Å². The topological polar surface area (TPSA) is 76.3 Å². The Morgan fingerprint density at radius 3 is 2.65 bits per heavy atom. The third-order valence-electron chi connectivity index (χ3n) is 3.98. The number of thioether (sulfide) groups is 1. The summed E-state index contributed by atoms with van der Waals surface area (Å²) in [4.78, 5) is 6.76. The molecular weight excluding hydrogens is 240 g/mol. The van der Waals surface area contributed by atoms with Crippen LogP contribution in [0.25, 0.3) is 0 Å². The number of hydrogen-bond acceptors (Lipinski definition) is 6. The summed E-state index contributed by atoms with van der Waals surface area (Å²) in [7, 11) is 0. The van der Waals surface area contributed by atoms with E-state index >= 15 is 0 Å². The van der Waals surface area contributed by atoms with E-state index in [9.17, 15) is 15.3 Å². The molecular formula is C11H18N2O3S. The average Bonchev–Trinajstić information content (AvgIpc) is 2.64. The van der Waals surface area contributed by atoms with E-state index in [2.05, 4.69) is 9.89 Å². The summed E-state index contributed by atoms with van der Waals surface area (Å²) in [5.41, 5.74) is 0. The fraction of sp³-hybridized carbons (Fsp3) is 0.909. The molecule has 5 atom stereocenters. The Bertz CT molecular complexity index is 335. The predicted molar refractivity (Wildman–Crippen MR) is 66.0 cm³/mol. The van der Waals surface area contributed by atoms with Gasteiger partial charge in [-0.2, -0.15) is 0 Å². The standard InChI is InChI=1S/C11H18N2O3S/c14-5-6-4-7-8(10(16)9(6)15)12-11(17-7)13-2-1-3-13/h6-10,14-16H,1-5H2/t6-,7+,8+,9-,10-/m1/s1. The van der Waals surface area contributed by atoms with Gasteiger partial charge in [-0.05, 0) is 12.8 Å².